The van der Waals surface area contributed by atoms with Crippen LogP contribution in [0.4, 0.5) is 0 Å². The molecule has 0 amide bonds. The van der Waals surface area contributed by atoms with E-state index in [9.17, 15) is 0 Å². The van der Waals surface area contributed by atoms with E-state index in [1.165, 1.54) is 44.1 Å². The van der Waals surface area contributed by atoms with Crippen molar-refractivity contribution >= 4 is 5.57 Å². The number of hydrogen-bond acceptors (Lipinski definition) is 2. The van der Waals surface area contributed by atoms with Crippen LogP contribution in [0.15, 0.2) is 42.3 Å². The first kappa shape index (κ1) is 17.7. The maximum Gasteiger partial charge on any atom is 0.0608 e. The molecule has 1 aromatic heterocycles. The summed E-state index contributed by atoms with van der Waals surface area (Å²) in [6.45, 7) is 5.12. The van der Waals surface area contributed by atoms with Crippen molar-refractivity contribution in [3.63, 3.8) is 0 Å². The number of rotatable bonds is 2. The van der Waals surface area contributed by atoms with E-state index in [1.54, 1.807) is 11.1 Å². The average Bonchev–Trinajstić information content (AvgIpc) is 3.05. The smallest absolute Gasteiger partial charge is 0.0608 e. The van der Waals surface area contributed by atoms with E-state index in [1.807, 2.05) is 13.3 Å². The molecule has 6 atom stereocenters. The molecule has 5 rings (SSSR count). The Morgan fingerprint density at radius 3 is 2.67 bits per heavy atom. The Bertz CT molecular complexity index is 781. The van der Waals surface area contributed by atoms with E-state index >= 15 is 0 Å². The van der Waals surface area contributed by atoms with Crippen LogP contribution in [-0.4, -0.2) is 18.2 Å². The Hall–Kier alpha value is -1.41. The van der Waals surface area contributed by atoms with Crippen molar-refractivity contribution in [3.05, 3.63) is 47.8 Å². The Kier molecular flexibility index (Phi) is 4.13. The van der Waals surface area contributed by atoms with Gasteiger partial charge in [0.2, 0.25) is 0 Å². The fourth-order valence-corrected chi connectivity index (χ4v) is 7.37. The minimum absolute atomic E-state index is 0.329. The summed E-state index contributed by atoms with van der Waals surface area (Å²) in [7, 11) is 1.88. The number of fused-ring (bicyclic) bond motifs is 5. The molecule has 4 aliphatic rings. The Morgan fingerprint density at radius 1 is 1.04 bits per heavy atom. The minimum atomic E-state index is 0.329. The first-order chi connectivity index (χ1) is 13.1. The van der Waals surface area contributed by atoms with Gasteiger partial charge in [-0.3, -0.25) is 4.98 Å². The minimum Gasteiger partial charge on any atom is -0.381 e. The molecule has 2 saturated carbocycles. The fourth-order valence-electron chi connectivity index (χ4n) is 7.37. The van der Waals surface area contributed by atoms with Crippen LogP contribution >= 0.6 is 0 Å². The summed E-state index contributed by atoms with van der Waals surface area (Å²) in [5, 5.41) is 0. The van der Waals surface area contributed by atoms with Gasteiger partial charge in [-0.1, -0.05) is 37.6 Å². The van der Waals surface area contributed by atoms with Crippen molar-refractivity contribution in [2.24, 2.45) is 28.6 Å². The zero-order valence-corrected chi connectivity index (χ0v) is 17.1. The summed E-state index contributed by atoms with van der Waals surface area (Å²) in [6, 6.07) is 4.34. The summed E-state index contributed by atoms with van der Waals surface area (Å²) in [4.78, 5) is 4.40. The SMILES string of the molecule is COC1CCC2(C)C(=CCC3C2CCC2(C)C(c4cccnc4)=CCC32)C1. The van der Waals surface area contributed by atoms with Crippen LogP contribution in [0.3, 0.4) is 0 Å². The molecule has 4 aliphatic carbocycles. The lowest BCUT2D eigenvalue weighted by molar-refractivity contribution is -0.0301. The molecule has 0 aliphatic heterocycles. The monoisotopic (exact) mass is 363 g/mol. The lowest BCUT2D eigenvalue weighted by Gasteiger charge is -2.58. The molecular formula is C25H33NO. The van der Waals surface area contributed by atoms with Gasteiger partial charge < -0.3 is 4.74 Å². The van der Waals surface area contributed by atoms with E-state index in [0.29, 0.717) is 16.9 Å². The number of ether oxygens (including phenoxy) is 1. The highest BCUT2D eigenvalue weighted by Gasteiger charge is 2.56. The van der Waals surface area contributed by atoms with Crippen molar-refractivity contribution in [2.45, 2.75) is 64.9 Å². The molecule has 0 saturated heterocycles. The van der Waals surface area contributed by atoms with Gasteiger partial charge in [0, 0.05) is 19.5 Å². The molecule has 1 heterocycles. The largest absolute Gasteiger partial charge is 0.381 e. The molecular weight excluding hydrogens is 330 g/mol. The van der Waals surface area contributed by atoms with Crippen LogP contribution in [0.1, 0.15) is 64.4 Å². The van der Waals surface area contributed by atoms with Gasteiger partial charge in [-0.15, -0.1) is 0 Å². The lowest BCUT2D eigenvalue weighted by atomic mass is 9.47. The van der Waals surface area contributed by atoms with Crippen molar-refractivity contribution in [1.82, 2.24) is 4.98 Å². The van der Waals surface area contributed by atoms with Crippen molar-refractivity contribution < 1.29 is 4.74 Å². The second-order valence-corrected chi connectivity index (χ2v) is 9.91. The molecule has 27 heavy (non-hydrogen) atoms. The van der Waals surface area contributed by atoms with Gasteiger partial charge in [0.05, 0.1) is 6.10 Å². The zero-order valence-electron chi connectivity index (χ0n) is 17.1. The third-order valence-corrected chi connectivity index (χ3v) is 8.95. The third-order valence-electron chi connectivity index (χ3n) is 8.95. The van der Waals surface area contributed by atoms with Gasteiger partial charge >= 0.3 is 0 Å². The van der Waals surface area contributed by atoms with Crippen molar-refractivity contribution in [2.75, 3.05) is 7.11 Å². The predicted octanol–water partition coefficient (Wildman–Crippen LogP) is 6.05. The highest BCUT2D eigenvalue weighted by molar-refractivity contribution is 5.72. The Balaban J connectivity index is 1.45. The van der Waals surface area contributed by atoms with Crippen LogP contribution < -0.4 is 0 Å². The molecule has 6 unspecified atom stereocenters. The third kappa shape index (κ3) is 2.52. The maximum absolute atomic E-state index is 5.71. The molecule has 0 N–H and O–H groups in total. The van der Waals surface area contributed by atoms with Crippen molar-refractivity contribution in [3.8, 4) is 0 Å². The zero-order chi connectivity index (χ0) is 18.6. The topological polar surface area (TPSA) is 22.1 Å². The number of allylic oxidation sites excluding steroid dienone is 3. The summed E-state index contributed by atoms with van der Waals surface area (Å²) >= 11 is 0. The van der Waals surface area contributed by atoms with Gasteiger partial charge in [0.15, 0.2) is 0 Å². The Labute approximate surface area is 164 Å². The molecule has 144 valence electrons. The number of pyridine rings is 1. The summed E-state index contributed by atoms with van der Waals surface area (Å²) in [5.41, 5.74) is 5.37. The maximum atomic E-state index is 5.71. The lowest BCUT2D eigenvalue weighted by Crippen LogP contribution is -2.49. The van der Waals surface area contributed by atoms with Gasteiger partial charge in [-0.05, 0) is 90.7 Å². The predicted molar refractivity (Wildman–Crippen MR) is 110 cm³/mol. The molecule has 2 heteroatoms. The number of nitrogens with zero attached hydrogens (tertiary/aromatic N) is 1. The second kappa shape index (κ2) is 6.30. The van der Waals surface area contributed by atoms with Gasteiger partial charge in [-0.2, -0.15) is 0 Å². The summed E-state index contributed by atoms with van der Waals surface area (Å²) in [6.07, 6.45) is 18.5. The fraction of sp³-hybridized carbons (Fsp3) is 0.640. The number of methoxy groups -OCH3 is 1. The Morgan fingerprint density at radius 2 is 1.89 bits per heavy atom. The van der Waals surface area contributed by atoms with Gasteiger partial charge in [0.1, 0.15) is 0 Å². The van der Waals surface area contributed by atoms with Crippen LogP contribution in [0.25, 0.3) is 5.57 Å². The van der Waals surface area contributed by atoms with E-state index in [-0.39, 0.29) is 0 Å². The molecule has 1 aromatic rings. The van der Waals surface area contributed by atoms with Crippen LogP contribution in [0.5, 0.6) is 0 Å². The van der Waals surface area contributed by atoms with Gasteiger partial charge in [0.25, 0.3) is 0 Å². The highest BCUT2D eigenvalue weighted by Crippen LogP contribution is 2.66. The normalized spacial score (nSPS) is 43.2. The van der Waals surface area contributed by atoms with E-state index < -0.39 is 0 Å². The van der Waals surface area contributed by atoms with Crippen molar-refractivity contribution in [1.29, 1.82) is 0 Å². The quantitative estimate of drug-likeness (QED) is 0.596. The standard InChI is InChI=1S/C25H33NO/c1-24-12-10-19(27-3)15-18(24)6-7-20-22-9-8-21(17-5-4-14-26-16-17)25(22,2)13-11-23(20)24/h4-6,8,14,16,19-20,22-23H,7,9-13,15H2,1-3H3. The molecule has 2 nitrogen and oxygen atoms in total. The van der Waals surface area contributed by atoms with Crippen LogP contribution in [-0.2, 0) is 4.74 Å². The average molecular weight is 364 g/mol. The van der Waals surface area contributed by atoms with Crippen LogP contribution in [0, 0.1) is 28.6 Å². The number of aromatic nitrogens is 1. The summed E-state index contributed by atoms with van der Waals surface area (Å²) < 4.78 is 5.71. The van der Waals surface area contributed by atoms with Crippen LogP contribution in [0.2, 0.25) is 0 Å². The van der Waals surface area contributed by atoms with E-state index in [0.717, 1.165) is 24.2 Å². The molecule has 0 bridgehead atoms. The first-order valence-electron chi connectivity index (χ1n) is 10.9. The molecule has 0 radical (unpaired) electrons. The second-order valence-electron chi connectivity index (χ2n) is 9.91. The molecule has 0 spiro atoms. The summed E-state index contributed by atoms with van der Waals surface area (Å²) in [5.74, 6) is 2.48. The first-order valence-corrected chi connectivity index (χ1v) is 10.9. The molecule has 0 aromatic carbocycles. The van der Waals surface area contributed by atoms with Gasteiger partial charge in [-0.25, -0.2) is 0 Å². The molecule has 2 fully saturated rings. The van der Waals surface area contributed by atoms with E-state index in [2.05, 4.69) is 49.3 Å². The highest BCUT2D eigenvalue weighted by atomic mass is 16.5. The number of hydrogen-bond donors (Lipinski definition) is 0. The van der Waals surface area contributed by atoms with E-state index in [4.69, 9.17) is 4.74 Å².